The Morgan fingerprint density at radius 1 is 1.93 bits per heavy atom. The second-order valence-corrected chi connectivity index (χ2v) is 3.33. The van der Waals surface area contributed by atoms with Gasteiger partial charge in [0.2, 0.25) is 6.29 Å². The maximum absolute atomic E-state index is 10.9. The monoisotopic (exact) mass is 198 g/mol. The molecule has 0 bridgehead atoms. The molecule has 1 heterocycles. The van der Waals surface area contributed by atoms with Crippen LogP contribution in [0.2, 0.25) is 0 Å². The Morgan fingerprint density at radius 2 is 2.57 bits per heavy atom. The molecule has 78 valence electrons. The van der Waals surface area contributed by atoms with Gasteiger partial charge in [0, 0.05) is 22.0 Å². The summed E-state index contributed by atoms with van der Waals surface area (Å²) in [4.78, 5) is 10.9. The molecule has 0 aromatic heterocycles. The van der Waals surface area contributed by atoms with Gasteiger partial charge < -0.3 is 9.47 Å². The van der Waals surface area contributed by atoms with Gasteiger partial charge in [-0.25, -0.2) is 0 Å². The molecule has 0 N–H and O–H groups in total. The summed E-state index contributed by atoms with van der Waals surface area (Å²) in [5, 5.41) is 0. The van der Waals surface area contributed by atoms with E-state index in [4.69, 9.17) is 18.6 Å². The summed E-state index contributed by atoms with van der Waals surface area (Å²) < 4.78 is 26.0. The van der Waals surface area contributed by atoms with Crippen LogP contribution in [0.15, 0.2) is 0 Å². The van der Waals surface area contributed by atoms with Crippen LogP contribution in [0.25, 0.3) is 0 Å². The maximum atomic E-state index is 10.9. The van der Waals surface area contributed by atoms with E-state index in [0.29, 0.717) is 6.42 Å². The van der Waals surface area contributed by atoms with Gasteiger partial charge >= 0.3 is 5.97 Å². The first kappa shape index (κ1) is 8.31. The highest BCUT2D eigenvalue weighted by molar-refractivity contribution is 5.66. The van der Waals surface area contributed by atoms with Crippen molar-refractivity contribution in [3.8, 4) is 12.3 Å². The summed E-state index contributed by atoms with van der Waals surface area (Å²) in [6.07, 6.45) is 2.88. The van der Waals surface area contributed by atoms with Gasteiger partial charge in [0.1, 0.15) is 5.60 Å². The molecule has 3 heteroatoms. The summed E-state index contributed by atoms with van der Waals surface area (Å²) in [7, 11) is 0. The van der Waals surface area contributed by atoms with Gasteiger partial charge in [-0.3, -0.25) is 4.79 Å². The van der Waals surface area contributed by atoms with Crippen molar-refractivity contribution < 1.29 is 17.0 Å². The molecule has 1 fully saturated rings. The van der Waals surface area contributed by atoms with E-state index in [1.165, 1.54) is 6.92 Å². The van der Waals surface area contributed by atoms with Crippen molar-refractivity contribution in [2.45, 2.75) is 45.5 Å². The highest BCUT2D eigenvalue weighted by Crippen LogP contribution is 2.38. The number of terminal acetylenes is 1. The third-order valence-electron chi connectivity index (χ3n) is 2.45. The molecule has 0 saturated carbocycles. The summed E-state index contributed by atoms with van der Waals surface area (Å²) in [6.45, 7) is 4.71. The average Bonchev–Trinajstić information content (AvgIpc) is 2.39. The molecule has 0 aromatic carbocycles. The van der Waals surface area contributed by atoms with E-state index in [-0.39, 0.29) is 0 Å². The van der Waals surface area contributed by atoms with E-state index in [9.17, 15) is 4.79 Å². The standard InChI is InChI=1S/C11H16O3/c1-5-11(6-2)8(3)7-10(14-11)13-9(4)12/h1,8,10H,6-7H2,2-4H3/t8-,10?,11+/m0/s1/i7D2. The molecule has 1 saturated heterocycles. The zero-order valence-corrected chi connectivity index (χ0v) is 8.66. The molecular formula is C11H16O3. The first-order valence-electron chi connectivity index (χ1n) is 5.63. The van der Waals surface area contributed by atoms with E-state index in [0.717, 1.165) is 0 Å². The van der Waals surface area contributed by atoms with E-state index in [1.54, 1.807) is 6.92 Å². The quantitative estimate of drug-likeness (QED) is 0.500. The summed E-state index contributed by atoms with van der Waals surface area (Å²) in [5.74, 6) is 1.38. The zero-order chi connectivity index (χ0) is 12.6. The van der Waals surface area contributed by atoms with Crippen molar-refractivity contribution in [2.24, 2.45) is 5.92 Å². The Hall–Kier alpha value is -1.01. The average molecular weight is 198 g/mol. The van der Waals surface area contributed by atoms with Crippen LogP contribution in [0.5, 0.6) is 0 Å². The highest BCUT2D eigenvalue weighted by atomic mass is 16.7. The number of esters is 1. The van der Waals surface area contributed by atoms with Crippen molar-refractivity contribution in [1.82, 2.24) is 0 Å². The minimum absolute atomic E-state index is 0.474. The predicted octanol–water partition coefficient (Wildman–Crippen LogP) is 1.71. The molecule has 0 aromatic rings. The third-order valence-corrected chi connectivity index (χ3v) is 2.45. The van der Waals surface area contributed by atoms with E-state index in [1.807, 2.05) is 6.92 Å². The van der Waals surface area contributed by atoms with Gasteiger partial charge in [-0.05, 0) is 6.42 Å². The van der Waals surface area contributed by atoms with Gasteiger partial charge in [0.05, 0.1) is 0 Å². The molecule has 1 unspecified atom stereocenters. The second-order valence-electron chi connectivity index (χ2n) is 3.33. The lowest BCUT2D eigenvalue weighted by molar-refractivity contribution is -0.179. The SMILES string of the molecule is [2H]C1([2H])C(OC(C)=O)O[C@](C#C)(CC)[C@H]1C. The molecule has 1 aliphatic rings. The number of hydrogen-bond acceptors (Lipinski definition) is 3. The molecular weight excluding hydrogens is 180 g/mol. The number of carbonyl (C=O) groups excluding carboxylic acids is 1. The number of carbonyl (C=O) groups is 1. The fourth-order valence-electron chi connectivity index (χ4n) is 1.53. The van der Waals surface area contributed by atoms with Crippen LogP contribution in [0.4, 0.5) is 0 Å². The van der Waals surface area contributed by atoms with Crippen molar-refractivity contribution in [1.29, 1.82) is 0 Å². The molecule has 0 spiro atoms. The molecule has 1 rings (SSSR count). The lowest BCUT2D eigenvalue weighted by Gasteiger charge is -2.25. The van der Waals surface area contributed by atoms with Gasteiger partial charge in [0.15, 0.2) is 0 Å². The van der Waals surface area contributed by atoms with Crippen LogP contribution in [0, 0.1) is 18.3 Å². The number of ether oxygens (including phenoxy) is 2. The summed E-state index contributed by atoms with van der Waals surface area (Å²) in [6, 6.07) is 0. The van der Waals surface area contributed by atoms with Crippen LogP contribution in [0.3, 0.4) is 0 Å². The fourth-order valence-corrected chi connectivity index (χ4v) is 1.53. The molecule has 3 nitrogen and oxygen atoms in total. The Balaban J connectivity index is 3.02. The Bertz CT molecular complexity index is 335. The van der Waals surface area contributed by atoms with Crippen LogP contribution in [-0.2, 0) is 14.3 Å². The van der Waals surface area contributed by atoms with Crippen molar-refractivity contribution in [3.63, 3.8) is 0 Å². The summed E-state index contributed by atoms with van der Waals surface area (Å²) >= 11 is 0. The van der Waals surface area contributed by atoms with Gasteiger partial charge in [0.25, 0.3) is 0 Å². The van der Waals surface area contributed by atoms with Crippen LogP contribution < -0.4 is 0 Å². The first-order chi connectivity index (χ1) is 7.30. The highest BCUT2D eigenvalue weighted by Gasteiger charge is 2.45. The molecule has 0 radical (unpaired) electrons. The lowest BCUT2D eigenvalue weighted by atomic mass is 9.87. The Kier molecular flexibility index (Phi) is 2.38. The Labute approximate surface area is 87.6 Å². The second kappa shape index (κ2) is 4.02. The predicted molar refractivity (Wildman–Crippen MR) is 52.3 cm³/mol. The number of hydrogen-bond donors (Lipinski definition) is 0. The third kappa shape index (κ3) is 1.91. The van der Waals surface area contributed by atoms with Gasteiger partial charge in [-0.1, -0.05) is 19.8 Å². The van der Waals surface area contributed by atoms with Crippen LogP contribution >= 0.6 is 0 Å². The minimum atomic E-state index is -1.77. The van der Waals surface area contributed by atoms with Crippen molar-refractivity contribution in [3.05, 3.63) is 0 Å². The van der Waals surface area contributed by atoms with Crippen LogP contribution in [0.1, 0.15) is 36.3 Å². The normalized spacial score (nSPS) is 42.1. The van der Waals surface area contributed by atoms with Crippen LogP contribution in [-0.4, -0.2) is 17.9 Å². The fraction of sp³-hybridized carbons (Fsp3) is 0.727. The molecule has 0 aliphatic carbocycles. The molecule has 0 amide bonds. The zero-order valence-electron chi connectivity index (χ0n) is 10.7. The van der Waals surface area contributed by atoms with E-state index in [2.05, 4.69) is 5.92 Å². The number of rotatable bonds is 2. The molecule has 1 aliphatic heterocycles. The van der Waals surface area contributed by atoms with Crippen molar-refractivity contribution in [2.75, 3.05) is 0 Å². The topological polar surface area (TPSA) is 35.5 Å². The van der Waals surface area contributed by atoms with Gasteiger partial charge in [-0.15, -0.1) is 6.42 Å². The largest absolute Gasteiger partial charge is 0.436 e. The summed E-state index contributed by atoms with van der Waals surface area (Å²) in [5.41, 5.74) is -0.996. The molecule has 14 heavy (non-hydrogen) atoms. The Morgan fingerprint density at radius 3 is 2.93 bits per heavy atom. The lowest BCUT2D eigenvalue weighted by Crippen LogP contribution is -2.32. The molecule has 3 atom stereocenters. The van der Waals surface area contributed by atoms with Crippen molar-refractivity contribution >= 4 is 5.97 Å². The van der Waals surface area contributed by atoms with Gasteiger partial charge in [-0.2, -0.15) is 0 Å². The smallest absolute Gasteiger partial charge is 0.304 e. The maximum Gasteiger partial charge on any atom is 0.304 e. The minimum Gasteiger partial charge on any atom is -0.436 e. The van der Waals surface area contributed by atoms with E-state index < -0.39 is 30.2 Å². The first-order valence-corrected chi connectivity index (χ1v) is 4.63. The van der Waals surface area contributed by atoms with E-state index >= 15 is 0 Å².